The van der Waals surface area contributed by atoms with Crippen LogP contribution in [0.3, 0.4) is 0 Å². The summed E-state index contributed by atoms with van der Waals surface area (Å²) < 4.78 is 5.23. The van der Waals surface area contributed by atoms with Gasteiger partial charge in [-0.3, -0.25) is 4.79 Å². The Labute approximate surface area is 105 Å². The largest absolute Gasteiger partial charge is 0.456 e. The second kappa shape index (κ2) is 5.35. The van der Waals surface area contributed by atoms with Crippen LogP contribution in [0.1, 0.15) is 23.2 Å². The molecule has 0 unspecified atom stereocenters. The van der Waals surface area contributed by atoms with E-state index < -0.39 is 0 Å². The summed E-state index contributed by atoms with van der Waals surface area (Å²) in [6.07, 6.45) is 1.60. The zero-order valence-electron chi connectivity index (χ0n) is 10.4. The number of hydrogen-bond acceptors (Lipinski definition) is 4. The third kappa shape index (κ3) is 2.88. The van der Waals surface area contributed by atoms with Crippen LogP contribution in [-0.4, -0.2) is 17.4 Å². The van der Waals surface area contributed by atoms with Gasteiger partial charge in [-0.05, 0) is 38.1 Å². The summed E-state index contributed by atoms with van der Waals surface area (Å²) in [7, 11) is 0. The van der Waals surface area contributed by atoms with Crippen LogP contribution in [0, 0.1) is 6.92 Å². The number of amides is 1. The Balaban J connectivity index is 2.03. The van der Waals surface area contributed by atoms with Gasteiger partial charge in [0.25, 0.3) is 5.91 Å². The van der Waals surface area contributed by atoms with E-state index in [9.17, 15) is 4.79 Å². The van der Waals surface area contributed by atoms with Gasteiger partial charge in [0.05, 0.1) is 11.9 Å². The zero-order chi connectivity index (χ0) is 13.0. The van der Waals surface area contributed by atoms with E-state index in [1.165, 1.54) is 0 Å². The maximum atomic E-state index is 11.8. The first-order valence-electron chi connectivity index (χ1n) is 5.76. The van der Waals surface area contributed by atoms with E-state index in [-0.39, 0.29) is 5.91 Å². The van der Waals surface area contributed by atoms with E-state index in [4.69, 9.17) is 4.42 Å². The van der Waals surface area contributed by atoms with Crippen molar-refractivity contribution in [2.45, 2.75) is 13.8 Å². The SMILES string of the molecule is CCNc1ccc(NC(=O)c2ccc(C)o2)cn1. The molecule has 2 aromatic rings. The summed E-state index contributed by atoms with van der Waals surface area (Å²) in [5.74, 6) is 1.51. The van der Waals surface area contributed by atoms with Crippen molar-refractivity contribution < 1.29 is 9.21 Å². The summed E-state index contributed by atoms with van der Waals surface area (Å²) in [4.78, 5) is 16.0. The third-order valence-corrected chi connectivity index (χ3v) is 2.34. The molecule has 2 rings (SSSR count). The molecular weight excluding hydrogens is 230 g/mol. The van der Waals surface area contributed by atoms with Crippen LogP contribution in [0.4, 0.5) is 11.5 Å². The fourth-order valence-electron chi connectivity index (χ4n) is 1.50. The van der Waals surface area contributed by atoms with Crippen LogP contribution in [0.5, 0.6) is 0 Å². The number of nitrogens with zero attached hydrogens (tertiary/aromatic N) is 1. The fraction of sp³-hybridized carbons (Fsp3) is 0.231. The molecule has 2 N–H and O–H groups in total. The quantitative estimate of drug-likeness (QED) is 0.869. The van der Waals surface area contributed by atoms with E-state index in [1.807, 2.05) is 13.0 Å². The highest BCUT2D eigenvalue weighted by atomic mass is 16.3. The van der Waals surface area contributed by atoms with Crippen molar-refractivity contribution in [2.75, 3.05) is 17.2 Å². The van der Waals surface area contributed by atoms with Gasteiger partial charge in [-0.2, -0.15) is 0 Å². The summed E-state index contributed by atoms with van der Waals surface area (Å²) in [6.45, 7) is 4.60. The Bertz CT molecular complexity index is 531. The Morgan fingerprint density at radius 1 is 1.33 bits per heavy atom. The lowest BCUT2D eigenvalue weighted by Crippen LogP contribution is -2.11. The molecule has 0 aliphatic heterocycles. The number of aryl methyl sites for hydroxylation is 1. The molecule has 0 aliphatic carbocycles. The van der Waals surface area contributed by atoms with E-state index in [0.29, 0.717) is 17.2 Å². The van der Waals surface area contributed by atoms with Crippen LogP contribution in [-0.2, 0) is 0 Å². The summed E-state index contributed by atoms with van der Waals surface area (Å²) >= 11 is 0. The van der Waals surface area contributed by atoms with Gasteiger partial charge in [-0.25, -0.2) is 4.98 Å². The smallest absolute Gasteiger partial charge is 0.291 e. The highest BCUT2D eigenvalue weighted by Gasteiger charge is 2.10. The highest BCUT2D eigenvalue weighted by Crippen LogP contribution is 2.12. The van der Waals surface area contributed by atoms with Crippen molar-refractivity contribution in [3.05, 3.63) is 42.0 Å². The number of pyridine rings is 1. The van der Waals surface area contributed by atoms with Crippen molar-refractivity contribution in [1.29, 1.82) is 0 Å². The molecule has 0 aromatic carbocycles. The minimum atomic E-state index is -0.277. The molecule has 5 heteroatoms. The minimum Gasteiger partial charge on any atom is -0.456 e. The summed E-state index contributed by atoms with van der Waals surface area (Å²) in [5.41, 5.74) is 0.635. The van der Waals surface area contributed by atoms with Gasteiger partial charge in [-0.15, -0.1) is 0 Å². The average molecular weight is 245 g/mol. The number of furan rings is 1. The van der Waals surface area contributed by atoms with Crippen molar-refractivity contribution >= 4 is 17.4 Å². The number of hydrogen-bond donors (Lipinski definition) is 2. The number of anilines is 2. The second-order valence-corrected chi connectivity index (χ2v) is 3.83. The number of aromatic nitrogens is 1. The van der Waals surface area contributed by atoms with Gasteiger partial charge in [0.1, 0.15) is 11.6 Å². The van der Waals surface area contributed by atoms with E-state index in [0.717, 1.165) is 12.4 Å². The van der Waals surface area contributed by atoms with Gasteiger partial charge in [0, 0.05) is 6.54 Å². The zero-order valence-corrected chi connectivity index (χ0v) is 10.4. The lowest BCUT2D eigenvalue weighted by molar-refractivity contribution is 0.0995. The topological polar surface area (TPSA) is 67.2 Å². The van der Waals surface area contributed by atoms with Gasteiger partial charge >= 0.3 is 0 Å². The first-order valence-corrected chi connectivity index (χ1v) is 5.76. The van der Waals surface area contributed by atoms with E-state index in [2.05, 4.69) is 15.6 Å². The van der Waals surface area contributed by atoms with Crippen LogP contribution >= 0.6 is 0 Å². The molecule has 0 saturated carbocycles. The number of carbonyl (C=O) groups is 1. The van der Waals surface area contributed by atoms with Crippen LogP contribution in [0.2, 0.25) is 0 Å². The van der Waals surface area contributed by atoms with Gasteiger partial charge < -0.3 is 15.1 Å². The van der Waals surface area contributed by atoms with Crippen LogP contribution in [0.25, 0.3) is 0 Å². The summed E-state index contributed by atoms with van der Waals surface area (Å²) in [6, 6.07) is 7.00. The maximum absolute atomic E-state index is 11.8. The molecule has 0 fully saturated rings. The fourth-order valence-corrected chi connectivity index (χ4v) is 1.50. The predicted molar refractivity (Wildman–Crippen MR) is 69.8 cm³/mol. The van der Waals surface area contributed by atoms with Crippen LogP contribution in [0.15, 0.2) is 34.9 Å². The Morgan fingerprint density at radius 3 is 2.72 bits per heavy atom. The summed E-state index contributed by atoms with van der Waals surface area (Å²) in [5, 5.41) is 5.80. The molecule has 0 bridgehead atoms. The first kappa shape index (κ1) is 12.2. The van der Waals surface area contributed by atoms with Gasteiger partial charge in [-0.1, -0.05) is 0 Å². The van der Waals surface area contributed by atoms with Crippen molar-refractivity contribution in [2.24, 2.45) is 0 Å². The minimum absolute atomic E-state index is 0.277. The van der Waals surface area contributed by atoms with Gasteiger partial charge in [0.15, 0.2) is 5.76 Å². The average Bonchev–Trinajstić information content (AvgIpc) is 2.79. The number of rotatable bonds is 4. The molecule has 0 atom stereocenters. The molecule has 0 radical (unpaired) electrons. The highest BCUT2D eigenvalue weighted by molar-refractivity contribution is 6.02. The Kier molecular flexibility index (Phi) is 3.62. The molecule has 1 amide bonds. The van der Waals surface area contributed by atoms with Crippen molar-refractivity contribution in [1.82, 2.24) is 4.98 Å². The van der Waals surface area contributed by atoms with E-state index >= 15 is 0 Å². The predicted octanol–water partition coefficient (Wildman–Crippen LogP) is 2.67. The molecule has 2 aromatic heterocycles. The molecular formula is C13H15N3O2. The molecule has 5 nitrogen and oxygen atoms in total. The monoisotopic (exact) mass is 245 g/mol. The van der Waals surface area contributed by atoms with Gasteiger partial charge in [0.2, 0.25) is 0 Å². The van der Waals surface area contributed by atoms with Crippen molar-refractivity contribution in [3.8, 4) is 0 Å². The molecule has 18 heavy (non-hydrogen) atoms. The Morgan fingerprint density at radius 2 is 2.17 bits per heavy atom. The van der Waals surface area contributed by atoms with E-state index in [1.54, 1.807) is 31.3 Å². The maximum Gasteiger partial charge on any atom is 0.291 e. The molecule has 2 heterocycles. The number of nitrogens with one attached hydrogen (secondary N) is 2. The number of carbonyl (C=O) groups excluding carboxylic acids is 1. The standard InChI is InChI=1S/C13H15N3O2/c1-3-14-12-7-5-10(8-15-12)16-13(17)11-6-4-9(2)18-11/h4-8H,3H2,1-2H3,(H,14,15)(H,16,17). The lowest BCUT2D eigenvalue weighted by atomic mass is 10.3. The normalized spacial score (nSPS) is 10.1. The molecule has 0 saturated heterocycles. The van der Waals surface area contributed by atoms with Crippen molar-refractivity contribution in [3.63, 3.8) is 0 Å². The molecule has 0 aliphatic rings. The molecule has 0 spiro atoms. The first-order chi connectivity index (χ1) is 8.69. The Hall–Kier alpha value is -2.30. The second-order valence-electron chi connectivity index (χ2n) is 3.83. The lowest BCUT2D eigenvalue weighted by Gasteiger charge is -2.05. The molecule has 94 valence electrons. The third-order valence-electron chi connectivity index (χ3n) is 2.34. The van der Waals surface area contributed by atoms with Crippen LogP contribution < -0.4 is 10.6 Å².